The van der Waals surface area contributed by atoms with Gasteiger partial charge in [0.1, 0.15) is 0 Å². The highest BCUT2D eigenvalue weighted by atomic mass is 32.2. The van der Waals surface area contributed by atoms with Gasteiger partial charge in [-0.1, -0.05) is 19.4 Å². The number of ether oxygens (including phenoxy) is 1. The van der Waals surface area contributed by atoms with Gasteiger partial charge in [0, 0.05) is 12.0 Å². The molecule has 1 aromatic carbocycles. The zero-order chi connectivity index (χ0) is 15.4. The van der Waals surface area contributed by atoms with Crippen molar-refractivity contribution in [1.29, 1.82) is 0 Å². The second kappa shape index (κ2) is 7.18. The molecule has 0 bridgehead atoms. The molecule has 0 aromatic heterocycles. The molecule has 21 heavy (non-hydrogen) atoms. The fourth-order valence-electron chi connectivity index (χ4n) is 2.77. The van der Waals surface area contributed by atoms with E-state index in [0.717, 1.165) is 28.9 Å². The van der Waals surface area contributed by atoms with Crippen molar-refractivity contribution in [3.63, 3.8) is 0 Å². The van der Waals surface area contributed by atoms with E-state index >= 15 is 0 Å². The van der Waals surface area contributed by atoms with Gasteiger partial charge in [-0.25, -0.2) is 4.79 Å². The number of hydrogen-bond donors (Lipinski definition) is 1. The minimum Gasteiger partial charge on any atom is -0.478 e. The molecule has 0 unspecified atom stereocenters. The van der Waals surface area contributed by atoms with Crippen molar-refractivity contribution in [2.24, 2.45) is 0 Å². The van der Waals surface area contributed by atoms with E-state index in [0.29, 0.717) is 24.7 Å². The Balaban J connectivity index is 2.50. The quantitative estimate of drug-likeness (QED) is 0.841. The summed E-state index contributed by atoms with van der Waals surface area (Å²) in [7, 11) is 0.372. The molecule has 1 saturated carbocycles. The van der Waals surface area contributed by atoms with Crippen LogP contribution in [0.5, 0.6) is 0 Å². The van der Waals surface area contributed by atoms with Crippen LogP contribution in [0.15, 0.2) is 17.0 Å². The summed E-state index contributed by atoms with van der Waals surface area (Å²) in [5.41, 5.74) is 2.08. The molecule has 1 aliphatic carbocycles. The minimum absolute atomic E-state index is 0.279. The summed E-state index contributed by atoms with van der Waals surface area (Å²) in [6.07, 6.45) is 3.97. The first-order chi connectivity index (χ1) is 10.1. The minimum atomic E-state index is -1.21. The maximum absolute atomic E-state index is 12.7. The van der Waals surface area contributed by atoms with Crippen molar-refractivity contribution in [3.05, 3.63) is 28.8 Å². The van der Waals surface area contributed by atoms with Gasteiger partial charge in [-0.15, -0.1) is 0 Å². The Morgan fingerprint density at radius 2 is 2.14 bits per heavy atom. The molecule has 0 heterocycles. The first kappa shape index (κ1) is 16.2. The standard InChI is InChI=1S/C16H22O4S/c1-3-12-14(16(17)18)8-7-13(11-5-4-6-11)15(12)21(19)10-9-20-2/h7-8,11H,3-6,9-10H2,1-2H3,(H,17,18)/t21-/m0/s1. The highest BCUT2D eigenvalue weighted by Crippen LogP contribution is 2.40. The molecule has 4 nitrogen and oxygen atoms in total. The number of carboxylic acid groups (broad SMARTS) is 1. The highest BCUT2D eigenvalue weighted by molar-refractivity contribution is 7.85. The number of carbonyl (C=O) groups is 1. The number of hydrogen-bond acceptors (Lipinski definition) is 3. The van der Waals surface area contributed by atoms with Gasteiger partial charge in [-0.05, 0) is 42.4 Å². The van der Waals surface area contributed by atoms with Gasteiger partial charge in [0.05, 0.1) is 28.7 Å². The highest BCUT2D eigenvalue weighted by Gasteiger charge is 2.28. The third-order valence-corrected chi connectivity index (χ3v) is 5.60. The third kappa shape index (κ3) is 3.35. The monoisotopic (exact) mass is 310 g/mol. The van der Waals surface area contributed by atoms with Gasteiger partial charge in [0.2, 0.25) is 0 Å². The fourth-order valence-corrected chi connectivity index (χ4v) is 4.32. The van der Waals surface area contributed by atoms with E-state index in [1.165, 1.54) is 6.42 Å². The molecule has 1 N–H and O–H groups in total. The summed E-state index contributed by atoms with van der Waals surface area (Å²) in [4.78, 5) is 12.2. The lowest BCUT2D eigenvalue weighted by Gasteiger charge is -2.29. The van der Waals surface area contributed by atoms with Gasteiger partial charge >= 0.3 is 5.97 Å². The van der Waals surface area contributed by atoms with E-state index < -0.39 is 16.8 Å². The molecule has 0 aliphatic heterocycles. The first-order valence-corrected chi connectivity index (χ1v) is 8.68. The largest absolute Gasteiger partial charge is 0.478 e. The zero-order valence-electron chi connectivity index (χ0n) is 12.6. The summed E-state index contributed by atoms with van der Waals surface area (Å²) >= 11 is 0. The molecule has 5 heteroatoms. The van der Waals surface area contributed by atoms with Gasteiger partial charge in [0.15, 0.2) is 0 Å². The summed E-state index contributed by atoms with van der Waals surface area (Å²) < 4.78 is 17.7. The molecule has 1 atom stereocenters. The summed E-state index contributed by atoms with van der Waals surface area (Å²) in [6, 6.07) is 3.54. The van der Waals surface area contributed by atoms with Crippen LogP contribution in [-0.2, 0) is 22.0 Å². The molecule has 1 aliphatic rings. The first-order valence-electron chi connectivity index (χ1n) is 7.36. The van der Waals surface area contributed by atoms with E-state index in [1.807, 2.05) is 13.0 Å². The lowest BCUT2D eigenvalue weighted by atomic mass is 9.79. The molecule has 0 saturated heterocycles. The Labute approximate surface area is 128 Å². The SMILES string of the molecule is CCc1c(C(=O)O)ccc(C2CCC2)c1[S@@](=O)CCOC. The Bertz CT molecular complexity index is 549. The van der Waals surface area contributed by atoms with Crippen LogP contribution in [-0.4, -0.2) is 34.8 Å². The molecule has 2 rings (SSSR count). The molecule has 116 valence electrons. The predicted octanol–water partition coefficient (Wildman–Crippen LogP) is 2.97. The zero-order valence-corrected chi connectivity index (χ0v) is 13.4. The lowest BCUT2D eigenvalue weighted by Crippen LogP contribution is -2.18. The Morgan fingerprint density at radius 3 is 2.62 bits per heavy atom. The molecule has 0 radical (unpaired) electrons. The van der Waals surface area contributed by atoms with Crippen LogP contribution in [0.3, 0.4) is 0 Å². The Hall–Kier alpha value is -1.20. The fraction of sp³-hybridized carbons (Fsp3) is 0.562. The van der Waals surface area contributed by atoms with Crippen molar-refractivity contribution < 1.29 is 18.8 Å². The third-order valence-electron chi connectivity index (χ3n) is 4.12. The van der Waals surface area contributed by atoms with Crippen LogP contribution in [0, 0.1) is 0 Å². The molecular weight excluding hydrogens is 288 g/mol. The lowest BCUT2D eigenvalue weighted by molar-refractivity contribution is 0.0695. The van der Waals surface area contributed by atoms with E-state index in [2.05, 4.69) is 0 Å². The smallest absolute Gasteiger partial charge is 0.336 e. The number of methoxy groups -OCH3 is 1. The van der Waals surface area contributed by atoms with E-state index in [-0.39, 0.29) is 5.56 Å². The summed E-state index contributed by atoms with van der Waals surface area (Å²) in [6.45, 7) is 2.33. The van der Waals surface area contributed by atoms with Crippen molar-refractivity contribution in [3.8, 4) is 0 Å². The number of aromatic carboxylic acids is 1. The number of rotatable bonds is 7. The summed E-state index contributed by atoms with van der Waals surface area (Å²) in [5.74, 6) is -0.108. The van der Waals surface area contributed by atoms with E-state index in [4.69, 9.17) is 4.74 Å². The molecule has 1 fully saturated rings. The average molecular weight is 310 g/mol. The normalized spacial score (nSPS) is 16.5. The van der Waals surface area contributed by atoms with Crippen LogP contribution in [0.25, 0.3) is 0 Å². The maximum Gasteiger partial charge on any atom is 0.336 e. The average Bonchev–Trinajstić information content (AvgIpc) is 2.41. The van der Waals surface area contributed by atoms with Crippen LogP contribution >= 0.6 is 0 Å². The van der Waals surface area contributed by atoms with Gasteiger partial charge in [0.25, 0.3) is 0 Å². The molecule has 0 amide bonds. The number of benzene rings is 1. The van der Waals surface area contributed by atoms with Crippen LogP contribution < -0.4 is 0 Å². The van der Waals surface area contributed by atoms with Crippen molar-refractivity contribution in [1.82, 2.24) is 0 Å². The van der Waals surface area contributed by atoms with Gasteiger partial charge in [-0.3, -0.25) is 4.21 Å². The van der Waals surface area contributed by atoms with Crippen LogP contribution in [0.4, 0.5) is 0 Å². The van der Waals surface area contributed by atoms with E-state index in [9.17, 15) is 14.1 Å². The topological polar surface area (TPSA) is 63.6 Å². The molecule has 0 spiro atoms. The Morgan fingerprint density at radius 1 is 1.43 bits per heavy atom. The molecular formula is C16H22O4S. The molecule has 1 aromatic rings. The second-order valence-electron chi connectivity index (χ2n) is 5.34. The van der Waals surface area contributed by atoms with Crippen LogP contribution in [0.2, 0.25) is 0 Å². The Kier molecular flexibility index (Phi) is 5.53. The maximum atomic E-state index is 12.7. The van der Waals surface area contributed by atoms with Crippen molar-refractivity contribution in [2.45, 2.75) is 43.4 Å². The van der Waals surface area contributed by atoms with Gasteiger partial charge in [-0.2, -0.15) is 0 Å². The van der Waals surface area contributed by atoms with Crippen molar-refractivity contribution >= 4 is 16.8 Å². The van der Waals surface area contributed by atoms with Gasteiger partial charge < -0.3 is 9.84 Å². The predicted molar refractivity (Wildman–Crippen MR) is 82.5 cm³/mol. The second-order valence-corrected chi connectivity index (χ2v) is 6.85. The van der Waals surface area contributed by atoms with Crippen molar-refractivity contribution in [2.75, 3.05) is 19.5 Å². The number of carboxylic acids is 1. The van der Waals surface area contributed by atoms with Crippen LogP contribution in [0.1, 0.15) is 53.6 Å². The summed E-state index contributed by atoms with van der Waals surface area (Å²) in [5, 5.41) is 9.36. The van der Waals surface area contributed by atoms with E-state index in [1.54, 1.807) is 13.2 Å².